The first-order valence-corrected chi connectivity index (χ1v) is 5.90. The molecule has 1 nitrogen and oxygen atoms in total. The maximum absolute atomic E-state index is 3.95. The van der Waals surface area contributed by atoms with Gasteiger partial charge in [-0.15, -0.1) is 0 Å². The van der Waals surface area contributed by atoms with Crippen molar-refractivity contribution in [3.8, 4) is 0 Å². The Hall–Kier alpha value is -1.08. The minimum absolute atomic E-state index is 1.02. The van der Waals surface area contributed by atoms with Gasteiger partial charge in [0.05, 0.1) is 0 Å². The number of hydrogen-bond donors (Lipinski definition) is 1. The van der Waals surface area contributed by atoms with Gasteiger partial charge in [-0.3, -0.25) is 0 Å². The summed E-state index contributed by atoms with van der Waals surface area (Å²) in [4.78, 5) is 0. The zero-order valence-electron chi connectivity index (χ0n) is 11.2. The SMILES string of the molecule is C=Cc1c(C)c(C)c(C)c(C)c1CCNC. The van der Waals surface area contributed by atoms with Crippen LogP contribution in [0.2, 0.25) is 0 Å². The highest BCUT2D eigenvalue weighted by Gasteiger charge is 2.12. The molecule has 88 valence electrons. The Morgan fingerprint density at radius 1 is 1.00 bits per heavy atom. The molecule has 1 rings (SSSR count). The van der Waals surface area contributed by atoms with Crippen molar-refractivity contribution < 1.29 is 0 Å². The molecule has 0 saturated heterocycles. The van der Waals surface area contributed by atoms with Crippen LogP contribution in [0.25, 0.3) is 6.08 Å². The first-order valence-electron chi connectivity index (χ1n) is 5.90. The van der Waals surface area contributed by atoms with Crippen LogP contribution in [-0.4, -0.2) is 13.6 Å². The molecular formula is C15H23N. The van der Waals surface area contributed by atoms with Crippen LogP contribution in [0.4, 0.5) is 0 Å². The van der Waals surface area contributed by atoms with E-state index in [9.17, 15) is 0 Å². The fourth-order valence-corrected chi connectivity index (χ4v) is 2.27. The van der Waals surface area contributed by atoms with Gasteiger partial charge in [-0.25, -0.2) is 0 Å². The minimum atomic E-state index is 1.02. The van der Waals surface area contributed by atoms with Crippen molar-refractivity contribution in [2.24, 2.45) is 0 Å². The highest BCUT2D eigenvalue weighted by atomic mass is 14.8. The number of likely N-dealkylation sites (N-methyl/N-ethyl adjacent to an activating group) is 1. The Balaban J connectivity index is 3.38. The molecular weight excluding hydrogens is 194 g/mol. The van der Waals surface area contributed by atoms with Gasteiger partial charge < -0.3 is 5.32 Å². The Labute approximate surface area is 99.6 Å². The second kappa shape index (κ2) is 5.31. The molecule has 0 saturated carbocycles. The Bertz CT molecular complexity index is 403. The van der Waals surface area contributed by atoms with Crippen LogP contribution < -0.4 is 5.32 Å². The van der Waals surface area contributed by atoms with Gasteiger partial charge in [0.15, 0.2) is 0 Å². The van der Waals surface area contributed by atoms with Crippen LogP contribution in [0.5, 0.6) is 0 Å². The third kappa shape index (κ3) is 2.19. The minimum Gasteiger partial charge on any atom is -0.319 e. The third-order valence-electron chi connectivity index (χ3n) is 3.70. The van der Waals surface area contributed by atoms with E-state index < -0.39 is 0 Å². The zero-order chi connectivity index (χ0) is 12.3. The van der Waals surface area contributed by atoms with E-state index in [1.54, 1.807) is 0 Å². The van der Waals surface area contributed by atoms with E-state index in [4.69, 9.17) is 0 Å². The molecule has 1 heteroatoms. The molecule has 0 aliphatic heterocycles. The van der Waals surface area contributed by atoms with Crippen molar-refractivity contribution in [2.75, 3.05) is 13.6 Å². The van der Waals surface area contributed by atoms with E-state index in [0.29, 0.717) is 0 Å². The standard InChI is InChI=1S/C15H23N/c1-7-14-12(4)10(2)11(3)13(5)15(14)8-9-16-6/h7,16H,1,8-9H2,2-6H3. The third-order valence-corrected chi connectivity index (χ3v) is 3.70. The highest BCUT2D eigenvalue weighted by Crippen LogP contribution is 2.27. The van der Waals surface area contributed by atoms with Crippen molar-refractivity contribution in [2.45, 2.75) is 34.1 Å². The zero-order valence-corrected chi connectivity index (χ0v) is 11.2. The van der Waals surface area contributed by atoms with Gasteiger partial charge in [0.25, 0.3) is 0 Å². The molecule has 0 atom stereocenters. The lowest BCUT2D eigenvalue weighted by atomic mass is 9.87. The quantitative estimate of drug-likeness (QED) is 0.815. The monoisotopic (exact) mass is 217 g/mol. The van der Waals surface area contributed by atoms with Crippen LogP contribution in [0.3, 0.4) is 0 Å². The molecule has 1 aromatic rings. The summed E-state index contributed by atoms with van der Waals surface area (Å²) in [6.45, 7) is 13.8. The topological polar surface area (TPSA) is 12.0 Å². The summed E-state index contributed by atoms with van der Waals surface area (Å²) in [5, 5.41) is 3.21. The maximum atomic E-state index is 3.95. The lowest BCUT2D eigenvalue weighted by molar-refractivity contribution is 0.785. The van der Waals surface area contributed by atoms with Crippen LogP contribution in [0.1, 0.15) is 33.4 Å². The summed E-state index contributed by atoms with van der Waals surface area (Å²) in [6.07, 6.45) is 3.07. The highest BCUT2D eigenvalue weighted by molar-refractivity contribution is 5.62. The van der Waals surface area contributed by atoms with Gasteiger partial charge in [-0.1, -0.05) is 12.7 Å². The van der Waals surface area contributed by atoms with Gasteiger partial charge in [0.1, 0.15) is 0 Å². The van der Waals surface area contributed by atoms with E-state index in [1.165, 1.54) is 33.4 Å². The number of hydrogen-bond acceptors (Lipinski definition) is 1. The normalized spacial score (nSPS) is 10.6. The van der Waals surface area contributed by atoms with Crippen molar-refractivity contribution in [3.05, 3.63) is 40.0 Å². The number of benzene rings is 1. The summed E-state index contributed by atoms with van der Waals surface area (Å²) in [5.74, 6) is 0. The lowest BCUT2D eigenvalue weighted by Crippen LogP contribution is -2.13. The average molecular weight is 217 g/mol. The second-order valence-corrected chi connectivity index (χ2v) is 4.45. The van der Waals surface area contributed by atoms with Crippen molar-refractivity contribution in [1.29, 1.82) is 0 Å². The van der Waals surface area contributed by atoms with Gasteiger partial charge in [0, 0.05) is 0 Å². The van der Waals surface area contributed by atoms with Crippen LogP contribution in [-0.2, 0) is 6.42 Å². The molecule has 0 aliphatic rings. The van der Waals surface area contributed by atoms with E-state index in [0.717, 1.165) is 13.0 Å². The molecule has 0 aromatic heterocycles. The van der Waals surface area contributed by atoms with Crippen molar-refractivity contribution in [1.82, 2.24) is 5.32 Å². The number of rotatable bonds is 4. The van der Waals surface area contributed by atoms with Crippen molar-refractivity contribution in [3.63, 3.8) is 0 Å². The molecule has 0 heterocycles. The van der Waals surface area contributed by atoms with Gasteiger partial charge in [-0.05, 0) is 81.1 Å². The summed E-state index contributed by atoms with van der Waals surface area (Å²) in [6, 6.07) is 0. The second-order valence-electron chi connectivity index (χ2n) is 4.45. The molecule has 0 aliphatic carbocycles. The van der Waals surface area contributed by atoms with Crippen molar-refractivity contribution >= 4 is 6.08 Å². The summed E-state index contributed by atoms with van der Waals surface area (Å²) < 4.78 is 0. The van der Waals surface area contributed by atoms with E-state index in [1.807, 2.05) is 13.1 Å². The fourth-order valence-electron chi connectivity index (χ4n) is 2.27. The molecule has 0 amide bonds. The first-order chi connectivity index (χ1) is 7.54. The van der Waals surface area contributed by atoms with Crippen LogP contribution in [0.15, 0.2) is 6.58 Å². The molecule has 1 N–H and O–H groups in total. The largest absolute Gasteiger partial charge is 0.319 e. The van der Waals surface area contributed by atoms with E-state index in [-0.39, 0.29) is 0 Å². The predicted molar refractivity (Wildman–Crippen MR) is 73.1 cm³/mol. The molecule has 0 bridgehead atoms. The van der Waals surface area contributed by atoms with E-state index in [2.05, 4.69) is 39.6 Å². The summed E-state index contributed by atoms with van der Waals surface area (Å²) in [5.41, 5.74) is 8.41. The Morgan fingerprint density at radius 3 is 2.06 bits per heavy atom. The lowest BCUT2D eigenvalue weighted by Gasteiger charge is -2.18. The van der Waals surface area contributed by atoms with Gasteiger partial charge in [0.2, 0.25) is 0 Å². The fraction of sp³-hybridized carbons (Fsp3) is 0.467. The molecule has 0 unspecified atom stereocenters. The Morgan fingerprint density at radius 2 is 1.56 bits per heavy atom. The predicted octanol–water partition coefficient (Wildman–Crippen LogP) is 3.33. The summed E-state index contributed by atoms with van der Waals surface area (Å²) >= 11 is 0. The molecule has 16 heavy (non-hydrogen) atoms. The molecule has 0 radical (unpaired) electrons. The smallest absolute Gasteiger partial charge is 0.00110 e. The molecule has 1 aromatic carbocycles. The van der Waals surface area contributed by atoms with E-state index >= 15 is 0 Å². The van der Waals surface area contributed by atoms with Crippen LogP contribution >= 0.6 is 0 Å². The average Bonchev–Trinajstić information content (AvgIpc) is 2.29. The first kappa shape index (κ1) is 13.0. The number of nitrogens with one attached hydrogen (secondary N) is 1. The molecule has 0 spiro atoms. The Kier molecular flexibility index (Phi) is 4.31. The summed E-state index contributed by atoms with van der Waals surface area (Å²) in [7, 11) is 2.00. The van der Waals surface area contributed by atoms with Crippen LogP contribution in [0, 0.1) is 27.7 Å². The maximum Gasteiger partial charge on any atom is -0.00110 e. The van der Waals surface area contributed by atoms with Gasteiger partial charge >= 0.3 is 0 Å². The van der Waals surface area contributed by atoms with Gasteiger partial charge in [-0.2, -0.15) is 0 Å². The molecule has 0 fully saturated rings.